The van der Waals surface area contributed by atoms with Gasteiger partial charge >= 0.3 is 0 Å². The zero-order chi connectivity index (χ0) is 14.7. The summed E-state index contributed by atoms with van der Waals surface area (Å²) in [5.74, 6) is 5.10. The third-order valence-electron chi connectivity index (χ3n) is 2.85. The van der Waals surface area contributed by atoms with Crippen molar-refractivity contribution in [2.45, 2.75) is 13.8 Å². The number of rotatable bonds is 3. The number of hydrogen-bond acceptors (Lipinski definition) is 4. The Morgan fingerprint density at radius 2 is 1.90 bits per heavy atom. The molecule has 0 aliphatic carbocycles. The topological polar surface area (TPSA) is 80.0 Å². The predicted octanol–water partition coefficient (Wildman–Crippen LogP) is 2.89. The molecule has 0 saturated carbocycles. The molecule has 0 fully saturated rings. The highest BCUT2D eigenvalue weighted by atomic mass is 35.5. The number of nitrogens with zero attached hydrogens (tertiary/aromatic N) is 1. The van der Waals surface area contributed by atoms with Gasteiger partial charge in [0.1, 0.15) is 0 Å². The molecule has 1 amide bonds. The fourth-order valence-electron chi connectivity index (χ4n) is 1.84. The highest BCUT2D eigenvalue weighted by Gasteiger charge is 2.13. The standard InChI is InChI=1S/C14H15ClN4O/c1-8-3-5-12(9(2)17-8)18-14(20)11-7-10(15)4-6-13(11)19-16/h3-7,19H,16H2,1-2H3,(H,18,20). The molecule has 0 aliphatic heterocycles. The summed E-state index contributed by atoms with van der Waals surface area (Å²) in [5.41, 5.74) is 5.66. The highest BCUT2D eigenvalue weighted by Crippen LogP contribution is 2.22. The SMILES string of the molecule is Cc1ccc(NC(=O)c2cc(Cl)ccc2NN)c(C)n1. The maximum Gasteiger partial charge on any atom is 0.257 e. The Bertz CT molecular complexity index is 658. The summed E-state index contributed by atoms with van der Waals surface area (Å²) in [6.07, 6.45) is 0. The molecule has 4 N–H and O–H groups in total. The Kier molecular flexibility index (Phi) is 4.22. The Morgan fingerprint density at radius 3 is 2.55 bits per heavy atom. The monoisotopic (exact) mass is 290 g/mol. The summed E-state index contributed by atoms with van der Waals surface area (Å²) >= 11 is 5.91. The molecule has 0 saturated heterocycles. The number of halogens is 1. The van der Waals surface area contributed by atoms with Crippen molar-refractivity contribution < 1.29 is 4.79 Å². The maximum absolute atomic E-state index is 12.3. The van der Waals surface area contributed by atoms with Crippen LogP contribution in [-0.4, -0.2) is 10.9 Å². The quantitative estimate of drug-likeness (QED) is 0.600. The molecule has 5 nitrogen and oxygen atoms in total. The zero-order valence-electron chi connectivity index (χ0n) is 11.2. The Labute approximate surface area is 122 Å². The number of carbonyl (C=O) groups is 1. The first-order valence-electron chi connectivity index (χ1n) is 6.03. The molecule has 0 radical (unpaired) electrons. The van der Waals surface area contributed by atoms with Crippen molar-refractivity contribution in [3.63, 3.8) is 0 Å². The van der Waals surface area contributed by atoms with Gasteiger partial charge in [-0.2, -0.15) is 0 Å². The summed E-state index contributed by atoms with van der Waals surface area (Å²) in [6, 6.07) is 8.52. The molecule has 1 heterocycles. The lowest BCUT2D eigenvalue weighted by molar-refractivity contribution is 0.102. The van der Waals surface area contributed by atoms with Crippen LogP contribution in [0, 0.1) is 13.8 Å². The first kappa shape index (κ1) is 14.3. The Balaban J connectivity index is 2.30. The van der Waals surface area contributed by atoms with E-state index in [9.17, 15) is 4.79 Å². The average Bonchev–Trinajstić information content (AvgIpc) is 2.41. The van der Waals surface area contributed by atoms with Crippen LogP contribution in [-0.2, 0) is 0 Å². The molecule has 2 aromatic rings. The minimum absolute atomic E-state index is 0.297. The first-order chi connectivity index (χ1) is 9.51. The van der Waals surface area contributed by atoms with Gasteiger partial charge in [0.05, 0.1) is 22.6 Å². The number of nitrogens with one attached hydrogen (secondary N) is 2. The fourth-order valence-corrected chi connectivity index (χ4v) is 2.01. The molecule has 1 aromatic carbocycles. The highest BCUT2D eigenvalue weighted by molar-refractivity contribution is 6.31. The van der Waals surface area contributed by atoms with Gasteiger partial charge < -0.3 is 10.7 Å². The van der Waals surface area contributed by atoms with Crippen LogP contribution in [0.3, 0.4) is 0 Å². The van der Waals surface area contributed by atoms with Crippen LogP contribution in [0.2, 0.25) is 5.02 Å². The van der Waals surface area contributed by atoms with E-state index in [-0.39, 0.29) is 5.91 Å². The fraction of sp³-hybridized carbons (Fsp3) is 0.143. The minimum Gasteiger partial charge on any atom is -0.323 e. The van der Waals surface area contributed by atoms with E-state index in [0.29, 0.717) is 22.0 Å². The molecule has 20 heavy (non-hydrogen) atoms. The maximum atomic E-state index is 12.3. The first-order valence-corrected chi connectivity index (χ1v) is 6.41. The number of nitrogen functional groups attached to an aromatic ring is 1. The van der Waals surface area contributed by atoms with Crippen molar-refractivity contribution in [3.05, 3.63) is 52.3 Å². The van der Waals surface area contributed by atoms with Crippen molar-refractivity contribution in [1.29, 1.82) is 0 Å². The minimum atomic E-state index is -0.297. The largest absolute Gasteiger partial charge is 0.323 e. The smallest absolute Gasteiger partial charge is 0.257 e. The lowest BCUT2D eigenvalue weighted by Crippen LogP contribution is -2.18. The van der Waals surface area contributed by atoms with Crippen molar-refractivity contribution in [2.75, 3.05) is 10.7 Å². The second-order valence-electron chi connectivity index (χ2n) is 4.37. The van der Waals surface area contributed by atoms with Crippen molar-refractivity contribution in [1.82, 2.24) is 4.98 Å². The lowest BCUT2D eigenvalue weighted by atomic mass is 10.1. The van der Waals surface area contributed by atoms with Crippen LogP contribution in [0.1, 0.15) is 21.7 Å². The molecule has 0 spiro atoms. The van der Waals surface area contributed by atoms with Gasteiger partial charge in [0, 0.05) is 10.7 Å². The molecule has 6 heteroatoms. The number of anilines is 2. The van der Waals surface area contributed by atoms with Gasteiger partial charge in [-0.1, -0.05) is 11.6 Å². The molecule has 2 rings (SSSR count). The molecular formula is C14H15ClN4O. The number of aromatic nitrogens is 1. The second kappa shape index (κ2) is 5.90. The van der Waals surface area contributed by atoms with Crippen molar-refractivity contribution in [2.24, 2.45) is 5.84 Å². The van der Waals surface area contributed by atoms with E-state index in [1.807, 2.05) is 26.0 Å². The molecule has 0 atom stereocenters. The predicted molar refractivity (Wildman–Crippen MR) is 80.9 cm³/mol. The Hall–Kier alpha value is -2.11. The van der Waals surface area contributed by atoms with Gasteiger partial charge in [0.25, 0.3) is 5.91 Å². The van der Waals surface area contributed by atoms with E-state index >= 15 is 0 Å². The molecule has 0 unspecified atom stereocenters. The van der Waals surface area contributed by atoms with Gasteiger partial charge in [-0.05, 0) is 44.2 Å². The van der Waals surface area contributed by atoms with E-state index in [4.69, 9.17) is 17.4 Å². The van der Waals surface area contributed by atoms with E-state index in [2.05, 4.69) is 15.7 Å². The summed E-state index contributed by atoms with van der Waals surface area (Å²) in [6.45, 7) is 3.73. The molecule has 104 valence electrons. The average molecular weight is 291 g/mol. The van der Waals surface area contributed by atoms with Gasteiger partial charge in [-0.3, -0.25) is 15.6 Å². The number of amides is 1. The van der Waals surface area contributed by atoms with E-state index in [1.165, 1.54) is 0 Å². The van der Waals surface area contributed by atoms with E-state index in [0.717, 1.165) is 11.4 Å². The summed E-state index contributed by atoms with van der Waals surface area (Å²) in [4.78, 5) is 16.6. The normalized spacial score (nSPS) is 10.2. The second-order valence-corrected chi connectivity index (χ2v) is 4.81. The van der Waals surface area contributed by atoms with Crippen LogP contribution >= 0.6 is 11.6 Å². The van der Waals surface area contributed by atoms with E-state index < -0.39 is 0 Å². The van der Waals surface area contributed by atoms with Crippen LogP contribution in [0.15, 0.2) is 30.3 Å². The van der Waals surface area contributed by atoms with Gasteiger partial charge in [-0.15, -0.1) is 0 Å². The number of carbonyl (C=O) groups excluding carboxylic acids is 1. The number of nitrogens with two attached hydrogens (primary N) is 1. The molecule has 0 aliphatic rings. The number of hydrogen-bond donors (Lipinski definition) is 3. The number of aryl methyl sites for hydroxylation is 2. The molecular weight excluding hydrogens is 276 g/mol. The van der Waals surface area contributed by atoms with Gasteiger partial charge in [-0.25, -0.2) is 0 Å². The third kappa shape index (κ3) is 3.07. The molecule has 0 bridgehead atoms. The zero-order valence-corrected chi connectivity index (χ0v) is 12.0. The van der Waals surface area contributed by atoms with Crippen LogP contribution < -0.4 is 16.6 Å². The lowest BCUT2D eigenvalue weighted by Gasteiger charge is -2.11. The number of hydrazine groups is 1. The van der Waals surface area contributed by atoms with Crippen LogP contribution in [0.25, 0.3) is 0 Å². The van der Waals surface area contributed by atoms with Gasteiger partial charge in [0.2, 0.25) is 0 Å². The van der Waals surface area contributed by atoms with Crippen molar-refractivity contribution >= 4 is 28.9 Å². The van der Waals surface area contributed by atoms with Crippen molar-refractivity contribution in [3.8, 4) is 0 Å². The summed E-state index contributed by atoms with van der Waals surface area (Å²) in [5, 5.41) is 3.27. The van der Waals surface area contributed by atoms with Gasteiger partial charge in [0.15, 0.2) is 0 Å². The summed E-state index contributed by atoms with van der Waals surface area (Å²) in [7, 11) is 0. The van der Waals surface area contributed by atoms with Crippen LogP contribution in [0.5, 0.6) is 0 Å². The van der Waals surface area contributed by atoms with E-state index in [1.54, 1.807) is 18.2 Å². The Morgan fingerprint density at radius 1 is 1.20 bits per heavy atom. The van der Waals surface area contributed by atoms with Crippen LogP contribution in [0.4, 0.5) is 11.4 Å². The number of benzene rings is 1. The number of pyridine rings is 1. The third-order valence-corrected chi connectivity index (χ3v) is 3.09. The molecule has 1 aromatic heterocycles. The summed E-state index contributed by atoms with van der Waals surface area (Å²) < 4.78 is 0.